The van der Waals surface area contributed by atoms with E-state index in [1.54, 1.807) is 37.3 Å². The number of ether oxygens (including phenoxy) is 1. The lowest BCUT2D eigenvalue weighted by molar-refractivity contribution is 0.0655. The third-order valence-electron chi connectivity index (χ3n) is 2.53. The molecule has 2 aromatic rings. The van der Waals surface area contributed by atoms with Gasteiger partial charge in [-0.15, -0.1) is 0 Å². The lowest BCUT2D eigenvalue weighted by atomic mass is 10.2. The van der Waals surface area contributed by atoms with Gasteiger partial charge in [0.05, 0.1) is 11.6 Å². The van der Waals surface area contributed by atoms with Gasteiger partial charge in [-0.3, -0.25) is 0 Å². The molecule has 0 radical (unpaired) electrons. The van der Waals surface area contributed by atoms with Gasteiger partial charge in [0.1, 0.15) is 11.5 Å². The van der Waals surface area contributed by atoms with Crippen molar-refractivity contribution in [1.29, 1.82) is 5.26 Å². The minimum absolute atomic E-state index is 0.120. The minimum atomic E-state index is -1.11. The third-order valence-corrected chi connectivity index (χ3v) is 2.53. The Labute approximate surface area is 109 Å². The zero-order chi connectivity index (χ0) is 13.8. The molecule has 0 aliphatic heterocycles. The van der Waals surface area contributed by atoms with Gasteiger partial charge in [-0.05, 0) is 43.3 Å². The van der Waals surface area contributed by atoms with E-state index in [4.69, 9.17) is 19.5 Å². The molecule has 0 bridgehead atoms. The topological polar surface area (TPSA) is 83.5 Å². The van der Waals surface area contributed by atoms with Crippen LogP contribution in [0.5, 0.6) is 5.75 Å². The van der Waals surface area contributed by atoms with Gasteiger partial charge in [0.15, 0.2) is 6.10 Å². The molecule has 0 aliphatic rings. The lowest BCUT2D eigenvalue weighted by Crippen LogP contribution is -2.02. The van der Waals surface area contributed by atoms with E-state index in [9.17, 15) is 4.79 Å². The molecule has 1 aromatic carbocycles. The summed E-state index contributed by atoms with van der Waals surface area (Å²) in [4.78, 5) is 10.7. The molecule has 0 saturated heterocycles. The molecule has 5 nitrogen and oxygen atoms in total. The summed E-state index contributed by atoms with van der Waals surface area (Å²) in [6, 6.07) is 11.6. The predicted octanol–water partition coefficient (Wildman–Crippen LogP) is 2.99. The first-order valence-corrected chi connectivity index (χ1v) is 5.60. The van der Waals surface area contributed by atoms with Gasteiger partial charge in [0.2, 0.25) is 5.76 Å². The van der Waals surface area contributed by atoms with Crippen LogP contribution in [-0.4, -0.2) is 11.1 Å². The Bertz CT molecular complexity index is 622. The molecule has 1 N–H and O–H groups in total. The molecule has 0 spiro atoms. The van der Waals surface area contributed by atoms with Gasteiger partial charge < -0.3 is 14.3 Å². The Morgan fingerprint density at radius 3 is 2.53 bits per heavy atom. The van der Waals surface area contributed by atoms with Crippen molar-refractivity contribution in [3.8, 4) is 11.8 Å². The number of carbonyl (C=O) groups is 1. The highest BCUT2D eigenvalue weighted by Gasteiger charge is 2.15. The van der Waals surface area contributed by atoms with E-state index in [1.165, 1.54) is 6.07 Å². The van der Waals surface area contributed by atoms with Gasteiger partial charge in [-0.1, -0.05) is 0 Å². The second kappa shape index (κ2) is 5.27. The molecule has 0 saturated carbocycles. The Hall–Kier alpha value is -2.74. The number of carboxylic acid groups (broad SMARTS) is 1. The molecular weight excluding hydrogens is 246 g/mol. The fourth-order valence-corrected chi connectivity index (χ4v) is 1.56. The van der Waals surface area contributed by atoms with Crippen molar-refractivity contribution in [2.75, 3.05) is 0 Å². The Balaban J connectivity index is 2.09. The number of carboxylic acids is 1. The first-order valence-electron chi connectivity index (χ1n) is 5.60. The zero-order valence-corrected chi connectivity index (χ0v) is 10.2. The van der Waals surface area contributed by atoms with Crippen LogP contribution in [0, 0.1) is 11.3 Å². The monoisotopic (exact) mass is 257 g/mol. The summed E-state index contributed by atoms with van der Waals surface area (Å²) >= 11 is 0. The molecule has 5 heteroatoms. The summed E-state index contributed by atoms with van der Waals surface area (Å²) in [6.45, 7) is 1.75. The standard InChI is InChI=1S/C14H11NO4/c1-9(12-6-7-13(19-12)14(16)17)18-11-4-2-10(8-15)3-5-11/h2-7,9H,1H3,(H,16,17). The van der Waals surface area contributed by atoms with E-state index in [1.807, 2.05) is 6.07 Å². The van der Waals surface area contributed by atoms with Crippen molar-refractivity contribution in [2.45, 2.75) is 13.0 Å². The Kier molecular flexibility index (Phi) is 3.53. The van der Waals surface area contributed by atoms with Crippen molar-refractivity contribution >= 4 is 5.97 Å². The number of aromatic carboxylic acids is 1. The fourth-order valence-electron chi connectivity index (χ4n) is 1.56. The Morgan fingerprint density at radius 1 is 1.32 bits per heavy atom. The summed E-state index contributed by atoms with van der Waals surface area (Å²) in [7, 11) is 0. The maximum Gasteiger partial charge on any atom is 0.371 e. The first-order chi connectivity index (χ1) is 9.10. The number of furan rings is 1. The molecule has 0 aliphatic carbocycles. The number of nitrogens with zero attached hydrogens (tertiary/aromatic N) is 1. The first kappa shape index (κ1) is 12.7. The molecule has 1 heterocycles. The van der Waals surface area contributed by atoms with Gasteiger partial charge in [0.25, 0.3) is 0 Å². The fraction of sp³-hybridized carbons (Fsp3) is 0.143. The zero-order valence-electron chi connectivity index (χ0n) is 10.2. The summed E-state index contributed by atoms with van der Waals surface area (Å²) < 4.78 is 10.7. The van der Waals surface area contributed by atoms with Crippen LogP contribution in [0.15, 0.2) is 40.8 Å². The van der Waals surface area contributed by atoms with Crippen molar-refractivity contribution in [3.63, 3.8) is 0 Å². The quantitative estimate of drug-likeness (QED) is 0.910. The SMILES string of the molecule is CC(Oc1ccc(C#N)cc1)c1ccc(C(=O)O)o1. The highest BCUT2D eigenvalue weighted by atomic mass is 16.5. The van der Waals surface area contributed by atoms with Gasteiger partial charge in [0, 0.05) is 0 Å². The summed E-state index contributed by atoms with van der Waals surface area (Å²) in [5.74, 6) is -0.219. The predicted molar refractivity (Wildman–Crippen MR) is 65.9 cm³/mol. The maximum atomic E-state index is 10.7. The third kappa shape index (κ3) is 2.93. The maximum absolute atomic E-state index is 10.7. The molecule has 1 unspecified atom stereocenters. The Morgan fingerprint density at radius 2 is 2.00 bits per heavy atom. The van der Waals surface area contributed by atoms with Crippen LogP contribution in [0.4, 0.5) is 0 Å². The van der Waals surface area contributed by atoms with Crippen molar-refractivity contribution < 1.29 is 19.1 Å². The average molecular weight is 257 g/mol. The highest BCUT2D eigenvalue weighted by molar-refractivity contribution is 5.84. The smallest absolute Gasteiger partial charge is 0.371 e. The van der Waals surface area contributed by atoms with Crippen molar-refractivity contribution in [1.82, 2.24) is 0 Å². The van der Waals surface area contributed by atoms with E-state index in [0.717, 1.165) is 0 Å². The largest absolute Gasteiger partial charge is 0.483 e. The van der Waals surface area contributed by atoms with Gasteiger partial charge in [-0.25, -0.2) is 4.79 Å². The molecule has 0 fully saturated rings. The van der Waals surface area contributed by atoms with Crippen LogP contribution in [0.3, 0.4) is 0 Å². The van der Waals surface area contributed by atoms with Crippen LogP contribution in [0.25, 0.3) is 0 Å². The normalized spacial score (nSPS) is 11.6. The van der Waals surface area contributed by atoms with E-state index < -0.39 is 12.1 Å². The number of benzene rings is 1. The number of hydrogen-bond donors (Lipinski definition) is 1. The van der Waals surface area contributed by atoms with Crippen LogP contribution in [-0.2, 0) is 0 Å². The molecular formula is C14H11NO4. The molecule has 0 amide bonds. The molecule has 2 rings (SSSR count). The summed E-state index contributed by atoms with van der Waals surface area (Å²) in [6.07, 6.45) is -0.416. The highest BCUT2D eigenvalue weighted by Crippen LogP contribution is 2.23. The van der Waals surface area contributed by atoms with Crippen LogP contribution < -0.4 is 4.74 Å². The minimum Gasteiger partial charge on any atom is -0.483 e. The van der Waals surface area contributed by atoms with Crippen molar-refractivity contribution in [2.24, 2.45) is 0 Å². The van der Waals surface area contributed by atoms with E-state index in [0.29, 0.717) is 17.1 Å². The molecule has 1 aromatic heterocycles. The van der Waals surface area contributed by atoms with E-state index in [2.05, 4.69) is 0 Å². The van der Waals surface area contributed by atoms with Gasteiger partial charge in [-0.2, -0.15) is 5.26 Å². The van der Waals surface area contributed by atoms with Crippen LogP contribution >= 0.6 is 0 Å². The molecule has 1 atom stereocenters. The van der Waals surface area contributed by atoms with Crippen LogP contribution in [0.2, 0.25) is 0 Å². The van der Waals surface area contributed by atoms with Crippen LogP contribution in [0.1, 0.15) is 34.9 Å². The second-order valence-corrected chi connectivity index (χ2v) is 3.90. The summed E-state index contributed by atoms with van der Waals surface area (Å²) in [5, 5.41) is 17.4. The average Bonchev–Trinajstić information content (AvgIpc) is 2.89. The molecule has 19 heavy (non-hydrogen) atoms. The van der Waals surface area contributed by atoms with E-state index in [-0.39, 0.29) is 5.76 Å². The number of hydrogen-bond acceptors (Lipinski definition) is 4. The lowest BCUT2D eigenvalue weighted by Gasteiger charge is -2.12. The number of rotatable bonds is 4. The van der Waals surface area contributed by atoms with Gasteiger partial charge >= 0.3 is 5.97 Å². The van der Waals surface area contributed by atoms with Crippen molar-refractivity contribution in [3.05, 3.63) is 53.5 Å². The number of nitriles is 1. The second-order valence-electron chi connectivity index (χ2n) is 3.90. The van der Waals surface area contributed by atoms with E-state index >= 15 is 0 Å². The summed E-state index contributed by atoms with van der Waals surface area (Å²) in [5.41, 5.74) is 0.547. The molecule has 96 valence electrons.